The fraction of sp³-hybridized carbons (Fsp3) is 0.300. The molecular formula is C10H13N3O2S3. The smallest absolute Gasteiger partial charge is 0.241 e. The molecule has 0 saturated carbocycles. The van der Waals surface area contributed by atoms with Crippen LogP contribution in [0.25, 0.3) is 0 Å². The Bertz CT molecular complexity index is 590. The Kier molecular flexibility index (Phi) is 4.46. The molecule has 0 unspecified atom stereocenters. The zero-order valence-electron chi connectivity index (χ0n) is 9.50. The maximum atomic E-state index is 12.0. The molecule has 2 aromatic heterocycles. The van der Waals surface area contributed by atoms with Crippen LogP contribution in [0.15, 0.2) is 27.2 Å². The summed E-state index contributed by atoms with van der Waals surface area (Å²) < 4.78 is 26.6. The van der Waals surface area contributed by atoms with Crippen LogP contribution in [-0.4, -0.2) is 19.9 Å². The summed E-state index contributed by atoms with van der Waals surface area (Å²) in [6.07, 6.45) is 0.588. The molecule has 0 atom stereocenters. The van der Waals surface area contributed by atoms with Crippen LogP contribution in [0.4, 0.5) is 0 Å². The van der Waals surface area contributed by atoms with Gasteiger partial charge in [0.15, 0.2) is 0 Å². The van der Waals surface area contributed by atoms with E-state index in [-0.39, 0.29) is 11.4 Å². The van der Waals surface area contributed by atoms with E-state index >= 15 is 0 Å². The van der Waals surface area contributed by atoms with Gasteiger partial charge in [0.2, 0.25) is 10.0 Å². The molecule has 5 nitrogen and oxygen atoms in total. The topological polar surface area (TPSA) is 85.1 Å². The van der Waals surface area contributed by atoms with Crippen molar-refractivity contribution < 1.29 is 8.42 Å². The Morgan fingerprint density at radius 1 is 1.44 bits per heavy atom. The SMILES string of the molecule is NCc1sccc1S(=O)(=O)NCCc1cscn1. The summed E-state index contributed by atoms with van der Waals surface area (Å²) in [5.41, 5.74) is 8.13. The molecule has 0 radical (unpaired) electrons. The van der Waals surface area contributed by atoms with Gasteiger partial charge in [-0.15, -0.1) is 22.7 Å². The summed E-state index contributed by atoms with van der Waals surface area (Å²) in [5, 5.41) is 3.64. The molecule has 3 N–H and O–H groups in total. The van der Waals surface area contributed by atoms with Crippen LogP contribution in [0.1, 0.15) is 10.6 Å². The highest BCUT2D eigenvalue weighted by Crippen LogP contribution is 2.20. The third kappa shape index (κ3) is 3.15. The summed E-state index contributed by atoms with van der Waals surface area (Å²) in [6.45, 7) is 0.575. The molecule has 0 saturated heterocycles. The van der Waals surface area contributed by atoms with Gasteiger partial charge in [-0.2, -0.15) is 0 Å². The van der Waals surface area contributed by atoms with Gasteiger partial charge >= 0.3 is 0 Å². The van der Waals surface area contributed by atoms with E-state index in [9.17, 15) is 8.42 Å². The largest absolute Gasteiger partial charge is 0.326 e. The third-order valence-electron chi connectivity index (χ3n) is 2.34. The first-order valence-corrected chi connectivity index (χ1v) is 8.57. The molecule has 0 aliphatic heterocycles. The van der Waals surface area contributed by atoms with Crippen LogP contribution in [0.3, 0.4) is 0 Å². The second-order valence-electron chi connectivity index (χ2n) is 3.54. The van der Waals surface area contributed by atoms with Crippen molar-refractivity contribution in [1.82, 2.24) is 9.71 Å². The zero-order chi connectivity index (χ0) is 13.0. The molecule has 0 aliphatic carbocycles. The third-order valence-corrected chi connectivity index (χ3v) is 5.59. The lowest BCUT2D eigenvalue weighted by Crippen LogP contribution is -2.26. The molecule has 0 bridgehead atoms. The van der Waals surface area contributed by atoms with Crippen molar-refractivity contribution in [2.24, 2.45) is 5.73 Å². The molecule has 2 aromatic rings. The van der Waals surface area contributed by atoms with Gasteiger partial charge in [-0.25, -0.2) is 18.1 Å². The fourth-order valence-corrected chi connectivity index (χ4v) is 4.43. The van der Waals surface area contributed by atoms with E-state index in [1.54, 1.807) is 17.0 Å². The molecule has 2 heterocycles. The van der Waals surface area contributed by atoms with Gasteiger partial charge in [0.25, 0.3) is 0 Å². The van der Waals surface area contributed by atoms with E-state index in [0.717, 1.165) is 5.69 Å². The Morgan fingerprint density at radius 3 is 2.94 bits per heavy atom. The minimum absolute atomic E-state index is 0.236. The lowest BCUT2D eigenvalue weighted by atomic mass is 10.3. The maximum Gasteiger partial charge on any atom is 0.241 e. The molecule has 8 heteroatoms. The molecular weight excluding hydrogens is 290 g/mol. The van der Waals surface area contributed by atoms with Crippen LogP contribution in [0.2, 0.25) is 0 Å². The summed E-state index contributed by atoms with van der Waals surface area (Å²) >= 11 is 2.85. The first-order valence-electron chi connectivity index (χ1n) is 5.26. The summed E-state index contributed by atoms with van der Waals surface area (Å²) in [4.78, 5) is 5.06. The van der Waals surface area contributed by atoms with Gasteiger partial charge in [-0.3, -0.25) is 0 Å². The van der Waals surface area contributed by atoms with Gasteiger partial charge in [-0.1, -0.05) is 0 Å². The van der Waals surface area contributed by atoms with Crippen molar-refractivity contribution in [3.8, 4) is 0 Å². The van der Waals surface area contributed by atoms with E-state index in [2.05, 4.69) is 9.71 Å². The van der Waals surface area contributed by atoms with Crippen molar-refractivity contribution in [1.29, 1.82) is 0 Å². The minimum atomic E-state index is -3.46. The minimum Gasteiger partial charge on any atom is -0.326 e. The first-order chi connectivity index (χ1) is 8.63. The van der Waals surface area contributed by atoms with Crippen molar-refractivity contribution in [2.45, 2.75) is 17.9 Å². The lowest BCUT2D eigenvalue weighted by molar-refractivity contribution is 0.581. The van der Waals surface area contributed by atoms with Crippen molar-refractivity contribution in [2.75, 3.05) is 6.54 Å². The molecule has 18 heavy (non-hydrogen) atoms. The number of nitrogens with two attached hydrogens (primary N) is 1. The quantitative estimate of drug-likeness (QED) is 0.839. The number of nitrogens with one attached hydrogen (secondary N) is 1. The molecule has 98 valence electrons. The zero-order valence-corrected chi connectivity index (χ0v) is 11.9. The molecule has 0 amide bonds. The summed E-state index contributed by atoms with van der Waals surface area (Å²) in [5.74, 6) is 0. The standard InChI is InChI=1S/C10H13N3O2S3/c11-5-9-10(2-4-17-9)18(14,15)13-3-1-8-6-16-7-12-8/h2,4,6-7,13H,1,3,5,11H2. The van der Waals surface area contributed by atoms with Crippen molar-refractivity contribution >= 4 is 32.7 Å². The molecule has 0 fully saturated rings. The normalized spacial score (nSPS) is 11.8. The number of aromatic nitrogens is 1. The number of sulfonamides is 1. The highest BCUT2D eigenvalue weighted by Gasteiger charge is 2.18. The fourth-order valence-electron chi connectivity index (χ4n) is 1.47. The molecule has 0 aromatic carbocycles. The highest BCUT2D eigenvalue weighted by molar-refractivity contribution is 7.89. The molecule has 0 spiro atoms. The van der Waals surface area contributed by atoms with Gasteiger partial charge in [-0.05, 0) is 11.4 Å². The van der Waals surface area contributed by atoms with E-state index in [0.29, 0.717) is 17.8 Å². The van der Waals surface area contributed by atoms with Crippen molar-refractivity contribution in [3.63, 3.8) is 0 Å². The van der Waals surface area contributed by atoms with E-state index in [1.165, 1.54) is 22.7 Å². The molecule has 0 aliphatic rings. The molecule has 2 rings (SSSR count). The number of rotatable bonds is 6. The Balaban J connectivity index is 1.99. The van der Waals surface area contributed by atoms with E-state index in [1.807, 2.05) is 5.38 Å². The lowest BCUT2D eigenvalue weighted by Gasteiger charge is -2.05. The summed E-state index contributed by atoms with van der Waals surface area (Å²) in [7, 11) is -3.46. The van der Waals surface area contributed by atoms with Gasteiger partial charge in [0.05, 0.1) is 16.1 Å². The van der Waals surface area contributed by atoms with Gasteiger partial charge in [0, 0.05) is 29.8 Å². The average molecular weight is 303 g/mol. The predicted octanol–water partition coefficient (Wildman–Crippen LogP) is 1.18. The van der Waals surface area contributed by atoms with Crippen LogP contribution in [0.5, 0.6) is 0 Å². The number of hydrogen-bond acceptors (Lipinski definition) is 6. The van der Waals surface area contributed by atoms with Crippen LogP contribution in [0, 0.1) is 0 Å². The van der Waals surface area contributed by atoms with E-state index < -0.39 is 10.0 Å². The van der Waals surface area contributed by atoms with Gasteiger partial charge in [0.1, 0.15) is 0 Å². The Hall–Kier alpha value is -0.800. The van der Waals surface area contributed by atoms with E-state index in [4.69, 9.17) is 5.73 Å². The number of thiophene rings is 1. The second-order valence-corrected chi connectivity index (χ2v) is 6.99. The predicted molar refractivity (Wildman–Crippen MR) is 73.2 cm³/mol. The Labute approximate surface area is 114 Å². The first kappa shape index (κ1) is 13.6. The second kappa shape index (κ2) is 5.89. The highest BCUT2D eigenvalue weighted by atomic mass is 32.2. The Morgan fingerprint density at radius 2 is 2.28 bits per heavy atom. The van der Waals surface area contributed by atoms with Crippen LogP contribution >= 0.6 is 22.7 Å². The number of nitrogens with zero attached hydrogens (tertiary/aromatic N) is 1. The van der Waals surface area contributed by atoms with Gasteiger partial charge < -0.3 is 5.73 Å². The number of thiazole rings is 1. The average Bonchev–Trinajstić information content (AvgIpc) is 2.99. The monoisotopic (exact) mass is 303 g/mol. The van der Waals surface area contributed by atoms with Crippen molar-refractivity contribution in [3.05, 3.63) is 32.9 Å². The summed E-state index contributed by atoms with van der Waals surface area (Å²) in [6, 6.07) is 1.58. The number of hydrogen-bond donors (Lipinski definition) is 2. The van der Waals surface area contributed by atoms with Crippen LogP contribution in [-0.2, 0) is 23.0 Å². The maximum absolute atomic E-state index is 12.0. The van der Waals surface area contributed by atoms with Crippen LogP contribution < -0.4 is 10.5 Å².